The van der Waals surface area contributed by atoms with E-state index in [1.165, 1.54) is 6.42 Å². The highest BCUT2D eigenvalue weighted by Crippen LogP contribution is 2.41. The highest BCUT2D eigenvalue weighted by atomic mass is 16.3. The minimum absolute atomic E-state index is 0.0626. The maximum absolute atomic E-state index is 12.7. The van der Waals surface area contributed by atoms with Gasteiger partial charge in [0.05, 0.1) is 11.3 Å². The Bertz CT molecular complexity index is 633. The van der Waals surface area contributed by atoms with Gasteiger partial charge in [0, 0.05) is 18.7 Å². The number of amides is 1. The summed E-state index contributed by atoms with van der Waals surface area (Å²) >= 11 is 0. The van der Waals surface area contributed by atoms with Crippen molar-refractivity contribution in [2.75, 3.05) is 0 Å². The summed E-state index contributed by atoms with van der Waals surface area (Å²) < 4.78 is 0. The number of hydrogen-bond donors (Lipinski definition) is 1. The van der Waals surface area contributed by atoms with Crippen molar-refractivity contribution in [2.45, 2.75) is 57.5 Å². The van der Waals surface area contributed by atoms with Crippen LogP contribution in [0.1, 0.15) is 57.2 Å². The lowest BCUT2D eigenvalue weighted by Crippen LogP contribution is -2.41. The summed E-state index contributed by atoms with van der Waals surface area (Å²) in [5, 5.41) is 10.3. The zero-order valence-corrected chi connectivity index (χ0v) is 13.4. The molecule has 1 unspecified atom stereocenters. The first-order valence-corrected chi connectivity index (χ1v) is 8.35. The van der Waals surface area contributed by atoms with E-state index in [0.29, 0.717) is 5.69 Å². The van der Waals surface area contributed by atoms with Gasteiger partial charge in [-0.05, 0) is 25.0 Å². The van der Waals surface area contributed by atoms with E-state index in [4.69, 9.17) is 0 Å². The van der Waals surface area contributed by atoms with E-state index in [2.05, 4.69) is 4.98 Å². The topological polar surface area (TPSA) is 70.5 Å². The molecule has 0 spiro atoms. The number of aliphatic hydroxyl groups excluding tert-OH is 1. The predicted molar refractivity (Wildman–Crippen MR) is 85.6 cm³/mol. The van der Waals surface area contributed by atoms with Crippen molar-refractivity contribution in [2.24, 2.45) is 0 Å². The number of nitrogens with zero attached hydrogens (tertiary/aromatic N) is 2. The van der Waals surface area contributed by atoms with Crippen molar-refractivity contribution in [3.8, 4) is 0 Å². The minimum Gasteiger partial charge on any atom is -0.503 e. The second kappa shape index (κ2) is 6.52. The van der Waals surface area contributed by atoms with Gasteiger partial charge in [-0.25, -0.2) is 0 Å². The van der Waals surface area contributed by atoms with Crippen LogP contribution in [-0.2, 0) is 9.59 Å². The molecule has 1 fully saturated rings. The van der Waals surface area contributed by atoms with Crippen LogP contribution in [0, 0.1) is 0 Å². The van der Waals surface area contributed by atoms with E-state index >= 15 is 0 Å². The first kappa shape index (κ1) is 15.7. The second-order valence-electron chi connectivity index (χ2n) is 6.20. The summed E-state index contributed by atoms with van der Waals surface area (Å²) in [5.41, 5.74) is 0.856. The fourth-order valence-electron chi connectivity index (χ4n) is 3.66. The average molecular weight is 314 g/mol. The molecule has 0 aromatic carbocycles. The highest BCUT2D eigenvalue weighted by molar-refractivity contribution is 6.08. The van der Waals surface area contributed by atoms with Gasteiger partial charge >= 0.3 is 0 Å². The monoisotopic (exact) mass is 314 g/mol. The molecular formula is C18H22N2O3. The normalized spacial score (nSPS) is 22.7. The highest BCUT2D eigenvalue weighted by Gasteiger charge is 2.46. The van der Waals surface area contributed by atoms with Crippen LogP contribution in [0.25, 0.3) is 0 Å². The summed E-state index contributed by atoms with van der Waals surface area (Å²) in [4.78, 5) is 31.1. The molecule has 1 N–H and O–H groups in total. The van der Waals surface area contributed by atoms with Crippen molar-refractivity contribution in [1.29, 1.82) is 0 Å². The van der Waals surface area contributed by atoms with Crippen LogP contribution >= 0.6 is 0 Å². The van der Waals surface area contributed by atoms with Crippen LogP contribution in [0.3, 0.4) is 0 Å². The molecule has 5 heteroatoms. The summed E-state index contributed by atoms with van der Waals surface area (Å²) in [5.74, 6) is -1.01. The number of rotatable bonds is 4. The van der Waals surface area contributed by atoms with Crippen LogP contribution in [0.5, 0.6) is 0 Å². The maximum Gasteiger partial charge on any atom is 0.290 e. The lowest BCUT2D eigenvalue weighted by Gasteiger charge is -2.36. The maximum atomic E-state index is 12.7. The van der Waals surface area contributed by atoms with Gasteiger partial charge in [0.1, 0.15) is 6.04 Å². The number of hydrogen-bond acceptors (Lipinski definition) is 4. The van der Waals surface area contributed by atoms with Gasteiger partial charge in [0.15, 0.2) is 11.5 Å². The van der Waals surface area contributed by atoms with Crippen molar-refractivity contribution >= 4 is 11.7 Å². The van der Waals surface area contributed by atoms with Crippen molar-refractivity contribution in [1.82, 2.24) is 9.88 Å². The quantitative estimate of drug-likeness (QED) is 0.927. The Morgan fingerprint density at radius 2 is 2.04 bits per heavy atom. The largest absolute Gasteiger partial charge is 0.503 e. The van der Waals surface area contributed by atoms with E-state index in [1.54, 1.807) is 24.1 Å². The summed E-state index contributed by atoms with van der Waals surface area (Å²) in [6, 6.07) is 4.97. The van der Waals surface area contributed by atoms with E-state index < -0.39 is 17.7 Å². The van der Waals surface area contributed by atoms with E-state index in [0.717, 1.165) is 25.7 Å². The van der Waals surface area contributed by atoms with Gasteiger partial charge in [0.25, 0.3) is 5.91 Å². The van der Waals surface area contributed by atoms with Crippen LogP contribution in [0.2, 0.25) is 0 Å². The molecule has 0 radical (unpaired) electrons. The molecular weight excluding hydrogens is 292 g/mol. The summed E-state index contributed by atoms with van der Waals surface area (Å²) in [7, 11) is 0. The second-order valence-corrected chi connectivity index (χ2v) is 6.20. The number of ketones is 1. The Hall–Kier alpha value is -2.17. The molecule has 1 amide bonds. The molecule has 1 atom stereocenters. The molecule has 122 valence electrons. The molecule has 23 heavy (non-hydrogen) atoms. The number of Topliss-reactive ketones (excluding diaryl/α,β-unsaturated/α-hetero) is 1. The Kier molecular flexibility index (Phi) is 4.46. The van der Waals surface area contributed by atoms with Gasteiger partial charge in [-0.15, -0.1) is 0 Å². The molecule has 3 rings (SSSR count). The van der Waals surface area contributed by atoms with E-state index in [9.17, 15) is 14.7 Å². The molecule has 1 saturated carbocycles. The molecule has 0 bridgehead atoms. The first-order valence-electron chi connectivity index (χ1n) is 8.35. The molecule has 1 aliphatic carbocycles. The van der Waals surface area contributed by atoms with E-state index in [-0.39, 0.29) is 23.8 Å². The molecule has 1 aromatic rings. The number of aromatic nitrogens is 1. The SMILES string of the molecule is CCC(=O)C1=C(O)C(=O)N(C2CCCCC2)C1c1ccccn1. The van der Waals surface area contributed by atoms with Crippen LogP contribution in [0.4, 0.5) is 0 Å². The Morgan fingerprint density at radius 1 is 1.30 bits per heavy atom. The Balaban J connectivity index is 2.05. The van der Waals surface area contributed by atoms with Crippen LogP contribution in [0.15, 0.2) is 35.7 Å². The molecule has 0 saturated heterocycles. The fraction of sp³-hybridized carbons (Fsp3) is 0.500. The Morgan fingerprint density at radius 3 is 2.65 bits per heavy atom. The van der Waals surface area contributed by atoms with Gasteiger partial charge in [0.2, 0.25) is 0 Å². The van der Waals surface area contributed by atoms with Crippen molar-refractivity contribution in [3.63, 3.8) is 0 Å². The van der Waals surface area contributed by atoms with Crippen molar-refractivity contribution < 1.29 is 14.7 Å². The molecule has 1 aromatic heterocycles. The smallest absolute Gasteiger partial charge is 0.290 e. The lowest BCUT2D eigenvalue weighted by atomic mass is 9.91. The summed E-state index contributed by atoms with van der Waals surface area (Å²) in [6.07, 6.45) is 7.05. The zero-order valence-electron chi connectivity index (χ0n) is 13.4. The first-order chi connectivity index (χ1) is 11.1. The average Bonchev–Trinajstić information content (AvgIpc) is 2.87. The van der Waals surface area contributed by atoms with Crippen LogP contribution in [-0.4, -0.2) is 32.7 Å². The lowest BCUT2D eigenvalue weighted by molar-refractivity contribution is -0.132. The molecule has 1 aliphatic heterocycles. The number of carbonyl (C=O) groups excluding carboxylic acids is 2. The van der Waals surface area contributed by atoms with Gasteiger partial charge in [-0.3, -0.25) is 14.6 Å². The predicted octanol–water partition coefficient (Wildman–Crippen LogP) is 3.09. The number of pyridine rings is 1. The van der Waals surface area contributed by atoms with Crippen LogP contribution < -0.4 is 0 Å². The third kappa shape index (κ3) is 2.76. The van der Waals surface area contributed by atoms with Gasteiger partial charge in [-0.2, -0.15) is 0 Å². The molecule has 2 heterocycles. The standard InChI is InChI=1S/C18H22N2O3/c1-2-14(21)15-16(13-10-6-7-11-19-13)20(18(23)17(15)22)12-8-4-3-5-9-12/h6-7,10-12,16,22H,2-5,8-9H2,1H3. The van der Waals surface area contributed by atoms with E-state index in [1.807, 2.05) is 12.1 Å². The number of carbonyl (C=O) groups is 2. The van der Waals surface area contributed by atoms with Gasteiger partial charge < -0.3 is 10.0 Å². The van der Waals surface area contributed by atoms with Crippen molar-refractivity contribution in [3.05, 3.63) is 41.4 Å². The molecule has 2 aliphatic rings. The van der Waals surface area contributed by atoms with Gasteiger partial charge in [-0.1, -0.05) is 32.3 Å². The molecule has 5 nitrogen and oxygen atoms in total. The third-order valence-corrected chi connectivity index (χ3v) is 4.80. The minimum atomic E-state index is -0.556. The summed E-state index contributed by atoms with van der Waals surface area (Å²) in [6.45, 7) is 1.74. The Labute approximate surface area is 136 Å². The number of aliphatic hydroxyl groups is 1. The fourth-order valence-corrected chi connectivity index (χ4v) is 3.66. The third-order valence-electron chi connectivity index (χ3n) is 4.80. The zero-order chi connectivity index (χ0) is 16.4.